The number of hydrogen-bond donors (Lipinski definition) is 0. The average Bonchev–Trinajstić information content (AvgIpc) is 3.12. The van der Waals surface area contributed by atoms with Gasteiger partial charge in [0.05, 0.1) is 11.2 Å². The number of ether oxygens (including phenoxy) is 2. The summed E-state index contributed by atoms with van der Waals surface area (Å²) in [5, 5.41) is 12.4. The molecule has 0 saturated carbocycles. The predicted octanol–water partition coefficient (Wildman–Crippen LogP) is 3.92. The maximum absolute atomic E-state index is 6.25. The van der Waals surface area contributed by atoms with E-state index in [1.165, 1.54) is 17.3 Å². The fraction of sp³-hybridized carbons (Fsp3) is 0.118. The van der Waals surface area contributed by atoms with E-state index in [-0.39, 0.29) is 0 Å². The van der Waals surface area contributed by atoms with E-state index < -0.39 is 0 Å². The van der Waals surface area contributed by atoms with E-state index in [0.717, 1.165) is 5.75 Å². The van der Waals surface area contributed by atoms with E-state index in [9.17, 15) is 0 Å². The van der Waals surface area contributed by atoms with E-state index in [4.69, 9.17) is 32.7 Å². The molecular weight excluding hydrogens is 363 g/mol. The summed E-state index contributed by atoms with van der Waals surface area (Å²) in [7, 11) is 0. The van der Waals surface area contributed by atoms with Gasteiger partial charge in [-0.15, -0.1) is 10.2 Å². The monoisotopic (exact) mass is 376 g/mol. The molecule has 6 nitrogen and oxygen atoms in total. The van der Waals surface area contributed by atoms with Crippen LogP contribution in [0.2, 0.25) is 10.0 Å². The van der Waals surface area contributed by atoms with Crippen molar-refractivity contribution in [1.29, 1.82) is 0 Å². The average molecular weight is 377 g/mol. The normalized spacial score (nSPS) is 11.0. The summed E-state index contributed by atoms with van der Waals surface area (Å²) in [5.41, 5.74) is 0.644. The molecule has 0 spiro atoms. The lowest BCUT2D eigenvalue weighted by atomic mass is 10.2. The Hall–Kier alpha value is -2.57. The van der Waals surface area contributed by atoms with Gasteiger partial charge in [0.1, 0.15) is 37.4 Å². The molecule has 1 heterocycles. The molecule has 0 aliphatic carbocycles. The molecule has 0 radical (unpaired) electrons. The molecule has 0 bridgehead atoms. The van der Waals surface area contributed by atoms with Crippen molar-refractivity contribution in [2.75, 3.05) is 13.2 Å². The maximum Gasteiger partial charge on any atom is 0.147 e. The Bertz CT molecular complexity index is 839. The lowest BCUT2D eigenvalue weighted by Gasteiger charge is -2.12. The molecule has 0 aliphatic rings. The van der Waals surface area contributed by atoms with Crippen LogP contribution >= 0.6 is 23.2 Å². The lowest BCUT2D eigenvalue weighted by molar-refractivity contribution is 0.217. The quantitative estimate of drug-likeness (QED) is 0.463. The minimum atomic E-state index is 0.323. The highest BCUT2D eigenvalue weighted by molar-refractivity contribution is 6.36. The number of hydrogen-bond acceptors (Lipinski definition) is 5. The van der Waals surface area contributed by atoms with Crippen molar-refractivity contribution in [1.82, 2.24) is 14.9 Å². The van der Waals surface area contributed by atoms with Gasteiger partial charge in [-0.3, -0.25) is 0 Å². The van der Waals surface area contributed by atoms with Crippen LogP contribution in [0, 0.1) is 0 Å². The van der Waals surface area contributed by atoms with Crippen LogP contribution in [-0.4, -0.2) is 34.3 Å². The van der Waals surface area contributed by atoms with Gasteiger partial charge in [0, 0.05) is 10.6 Å². The Morgan fingerprint density at radius 3 is 2.48 bits per heavy atom. The van der Waals surface area contributed by atoms with Gasteiger partial charge in [0.25, 0.3) is 0 Å². The van der Waals surface area contributed by atoms with E-state index in [2.05, 4.69) is 15.3 Å². The van der Waals surface area contributed by atoms with Crippen molar-refractivity contribution in [3.63, 3.8) is 0 Å². The summed E-state index contributed by atoms with van der Waals surface area (Å²) in [6.45, 7) is 0.703. The first kappa shape index (κ1) is 17.3. The lowest BCUT2D eigenvalue weighted by Crippen LogP contribution is -2.10. The molecule has 0 unspecified atom stereocenters. The topological polar surface area (TPSA) is 61.5 Å². The van der Waals surface area contributed by atoms with Crippen LogP contribution in [0.4, 0.5) is 0 Å². The third kappa shape index (κ3) is 4.95. The second kappa shape index (κ2) is 8.50. The summed E-state index contributed by atoms with van der Waals surface area (Å²) < 4.78 is 12.8. The van der Waals surface area contributed by atoms with E-state index in [0.29, 0.717) is 34.6 Å². The Balaban J connectivity index is 1.67. The third-order valence-electron chi connectivity index (χ3n) is 3.12. The molecule has 8 heteroatoms. The molecule has 0 N–H and O–H groups in total. The van der Waals surface area contributed by atoms with Crippen molar-refractivity contribution >= 4 is 29.4 Å². The van der Waals surface area contributed by atoms with Crippen LogP contribution < -0.4 is 9.47 Å². The molecule has 0 aliphatic heterocycles. The number of aromatic nitrogens is 3. The first-order valence-electron chi connectivity index (χ1n) is 7.41. The Labute approximate surface area is 154 Å². The number of para-hydroxylation sites is 1. The van der Waals surface area contributed by atoms with Crippen LogP contribution in [0.5, 0.6) is 11.5 Å². The number of nitrogens with zero attached hydrogens (tertiary/aromatic N) is 4. The Kier molecular flexibility index (Phi) is 5.87. The van der Waals surface area contributed by atoms with Gasteiger partial charge in [-0.2, -0.15) is 5.10 Å². The zero-order chi connectivity index (χ0) is 17.5. The molecule has 3 rings (SSSR count). The first-order chi connectivity index (χ1) is 12.2. The molecule has 0 fully saturated rings. The fourth-order valence-electron chi connectivity index (χ4n) is 2.03. The molecule has 0 amide bonds. The Morgan fingerprint density at radius 2 is 1.72 bits per heavy atom. The second-order valence-electron chi connectivity index (χ2n) is 4.90. The molecular formula is C17H14Cl2N4O2. The predicted molar refractivity (Wildman–Crippen MR) is 96.9 cm³/mol. The number of benzene rings is 2. The summed E-state index contributed by atoms with van der Waals surface area (Å²) in [5.74, 6) is 1.27. The van der Waals surface area contributed by atoms with Crippen molar-refractivity contribution in [2.45, 2.75) is 0 Å². The SMILES string of the molecule is Clc1cc(Cl)c(OCCOc2ccccc2)c(C=Nn2cnnc2)c1. The largest absolute Gasteiger partial charge is 0.490 e. The van der Waals surface area contributed by atoms with Crippen LogP contribution in [0.3, 0.4) is 0 Å². The standard InChI is InChI=1S/C17H14Cl2N4O2/c18-14-8-13(10-22-23-11-20-21-12-23)17(16(19)9-14)25-7-6-24-15-4-2-1-3-5-15/h1-5,8-12H,6-7H2. The number of halogens is 2. The summed E-state index contributed by atoms with van der Waals surface area (Å²) in [6.07, 6.45) is 4.52. The minimum absolute atomic E-state index is 0.323. The van der Waals surface area contributed by atoms with Crippen molar-refractivity contribution < 1.29 is 9.47 Å². The molecule has 3 aromatic rings. The van der Waals surface area contributed by atoms with Gasteiger partial charge in [-0.1, -0.05) is 41.4 Å². The van der Waals surface area contributed by atoms with Crippen molar-refractivity contribution in [3.8, 4) is 11.5 Å². The zero-order valence-corrected chi connectivity index (χ0v) is 14.6. The first-order valence-corrected chi connectivity index (χ1v) is 8.16. The van der Waals surface area contributed by atoms with Crippen molar-refractivity contribution in [3.05, 3.63) is 70.7 Å². The van der Waals surface area contributed by atoms with Crippen LogP contribution in [-0.2, 0) is 0 Å². The summed E-state index contributed by atoms with van der Waals surface area (Å²) in [4.78, 5) is 0. The minimum Gasteiger partial charge on any atom is -0.490 e. The smallest absolute Gasteiger partial charge is 0.147 e. The second-order valence-corrected chi connectivity index (χ2v) is 5.75. The molecule has 25 heavy (non-hydrogen) atoms. The molecule has 2 aromatic carbocycles. The van der Waals surface area contributed by atoms with E-state index >= 15 is 0 Å². The fourth-order valence-corrected chi connectivity index (χ4v) is 2.60. The van der Waals surface area contributed by atoms with Gasteiger partial charge >= 0.3 is 0 Å². The van der Waals surface area contributed by atoms with Crippen LogP contribution in [0.15, 0.2) is 60.2 Å². The summed E-state index contributed by atoms with van der Waals surface area (Å²) >= 11 is 12.3. The van der Waals surface area contributed by atoms with Gasteiger partial charge < -0.3 is 9.47 Å². The third-order valence-corrected chi connectivity index (χ3v) is 3.61. The zero-order valence-electron chi connectivity index (χ0n) is 13.0. The van der Waals surface area contributed by atoms with Gasteiger partial charge in [0.2, 0.25) is 0 Å². The highest BCUT2D eigenvalue weighted by atomic mass is 35.5. The van der Waals surface area contributed by atoms with Crippen molar-refractivity contribution in [2.24, 2.45) is 5.10 Å². The van der Waals surface area contributed by atoms with Crippen LogP contribution in [0.25, 0.3) is 0 Å². The molecule has 0 saturated heterocycles. The van der Waals surface area contributed by atoms with E-state index in [1.54, 1.807) is 18.3 Å². The maximum atomic E-state index is 6.25. The van der Waals surface area contributed by atoms with Gasteiger partial charge in [-0.05, 0) is 24.3 Å². The van der Waals surface area contributed by atoms with Crippen LogP contribution in [0.1, 0.15) is 5.56 Å². The Morgan fingerprint density at radius 1 is 1.00 bits per heavy atom. The summed E-state index contributed by atoms with van der Waals surface area (Å²) in [6, 6.07) is 12.8. The number of rotatable bonds is 7. The molecule has 128 valence electrons. The molecule has 0 atom stereocenters. The van der Waals surface area contributed by atoms with E-state index in [1.807, 2.05) is 30.3 Å². The highest BCUT2D eigenvalue weighted by Gasteiger charge is 2.10. The van der Waals surface area contributed by atoms with Gasteiger partial charge in [0.15, 0.2) is 0 Å². The molecule has 1 aromatic heterocycles. The van der Waals surface area contributed by atoms with Gasteiger partial charge in [-0.25, -0.2) is 4.68 Å². The highest BCUT2D eigenvalue weighted by Crippen LogP contribution is 2.31.